The third-order valence-corrected chi connectivity index (χ3v) is 7.59. The van der Waals surface area contributed by atoms with Crippen LogP contribution in [0, 0.1) is 0 Å². The number of ether oxygens (including phenoxy) is 4. The van der Waals surface area contributed by atoms with Crippen molar-refractivity contribution in [2.24, 2.45) is 0 Å². The molecule has 3 heterocycles. The van der Waals surface area contributed by atoms with Crippen molar-refractivity contribution in [1.82, 2.24) is 0 Å². The average Bonchev–Trinajstić information content (AvgIpc) is 2.96. The summed E-state index contributed by atoms with van der Waals surface area (Å²) in [7, 11) is 1.36. The number of hydrogen-bond donors (Lipinski definition) is 8. The van der Waals surface area contributed by atoms with E-state index in [1.807, 2.05) is 0 Å². The Morgan fingerprint density at radius 2 is 1.60 bits per heavy atom. The quantitative estimate of drug-likeness (QED) is 0.176. The van der Waals surface area contributed by atoms with E-state index in [1.54, 1.807) is 0 Å². The maximum Gasteiger partial charge on any atom is 0.197 e. The first kappa shape index (κ1) is 30.2. The SMILES string of the molecule is COc1cc(-c2cc(=O)c3c(O)cc([C@@H]4O[C@H](CO)[C@@H](O)[C@H](O)[C@H]4O[C@@H]4O[C@@H](C)[C@H](O)[C@@H](O)[C@H]4O)cc3o2)ccc1O. The number of phenols is 2. The molecule has 0 amide bonds. The monoisotopic (exact) mass is 592 g/mol. The Morgan fingerprint density at radius 3 is 2.29 bits per heavy atom. The summed E-state index contributed by atoms with van der Waals surface area (Å²) in [5, 5.41) is 82.6. The predicted octanol–water partition coefficient (Wildman–Crippen LogP) is -0.754. The van der Waals surface area contributed by atoms with Crippen molar-refractivity contribution in [3.63, 3.8) is 0 Å². The van der Waals surface area contributed by atoms with E-state index in [-0.39, 0.29) is 33.8 Å². The van der Waals surface area contributed by atoms with Crippen molar-refractivity contribution in [3.05, 3.63) is 52.2 Å². The van der Waals surface area contributed by atoms with Crippen LogP contribution in [0.15, 0.2) is 45.6 Å². The van der Waals surface area contributed by atoms with Crippen molar-refractivity contribution in [2.75, 3.05) is 13.7 Å². The molecule has 2 aliphatic heterocycles. The fraction of sp³-hybridized carbons (Fsp3) is 0.464. The molecule has 0 unspecified atom stereocenters. The molecule has 3 aromatic rings. The van der Waals surface area contributed by atoms with E-state index in [1.165, 1.54) is 44.4 Å². The van der Waals surface area contributed by atoms with Crippen molar-refractivity contribution in [2.45, 2.75) is 68.1 Å². The van der Waals surface area contributed by atoms with Gasteiger partial charge in [-0.2, -0.15) is 0 Å². The number of aliphatic hydroxyl groups is 6. The van der Waals surface area contributed by atoms with Gasteiger partial charge in [0, 0.05) is 11.6 Å². The van der Waals surface area contributed by atoms with Gasteiger partial charge in [0.25, 0.3) is 0 Å². The standard InChI is InChI=1S/C28H32O14/c1-10-21(33)23(35)25(37)28(39-10)42-27-24(36)22(34)19(9-29)41-26(27)12-5-14(31)20-15(32)8-16(40-18(20)7-12)11-3-4-13(30)17(6-11)38-2/h3-8,10,19,21-31,33-37H,9H2,1-2H3/t10-,19+,21-,22+,23+,24-,25+,26-,27+,28-/m0/s1. The summed E-state index contributed by atoms with van der Waals surface area (Å²) in [5.41, 5.74) is -0.217. The minimum atomic E-state index is -1.75. The molecule has 2 fully saturated rings. The summed E-state index contributed by atoms with van der Waals surface area (Å²) in [6.07, 6.45) is -14.9. The molecule has 14 nitrogen and oxygen atoms in total. The lowest BCUT2D eigenvalue weighted by Gasteiger charge is -2.46. The number of hydrogen-bond acceptors (Lipinski definition) is 14. The van der Waals surface area contributed by atoms with Gasteiger partial charge in [0.1, 0.15) is 71.3 Å². The first-order valence-electron chi connectivity index (χ1n) is 13.1. The van der Waals surface area contributed by atoms with Crippen molar-refractivity contribution < 1.29 is 64.2 Å². The lowest BCUT2D eigenvalue weighted by molar-refractivity contribution is -0.338. The second kappa shape index (κ2) is 11.8. The molecular formula is C28H32O14. The van der Waals surface area contributed by atoms with Crippen molar-refractivity contribution in [1.29, 1.82) is 0 Å². The molecule has 228 valence electrons. The minimum Gasteiger partial charge on any atom is -0.507 e. The fourth-order valence-corrected chi connectivity index (χ4v) is 5.22. The Labute approximate surface area is 238 Å². The highest BCUT2D eigenvalue weighted by atomic mass is 16.7. The van der Waals surface area contributed by atoms with Crippen LogP contribution in [0.4, 0.5) is 0 Å². The third-order valence-electron chi connectivity index (χ3n) is 7.59. The van der Waals surface area contributed by atoms with Gasteiger partial charge in [-0.15, -0.1) is 0 Å². The normalized spacial score (nSPS) is 33.5. The van der Waals surface area contributed by atoms with E-state index >= 15 is 0 Å². The summed E-state index contributed by atoms with van der Waals surface area (Å²) in [6, 6.07) is 7.96. The van der Waals surface area contributed by atoms with Crippen LogP contribution in [0.1, 0.15) is 18.6 Å². The number of phenolic OH excluding ortho intramolecular Hbond substituents is 2. The molecule has 1 aromatic heterocycles. The molecule has 2 aliphatic rings. The summed E-state index contributed by atoms with van der Waals surface area (Å²) in [4.78, 5) is 13.0. The number of rotatable bonds is 6. The average molecular weight is 593 g/mol. The first-order chi connectivity index (χ1) is 19.9. The number of aliphatic hydroxyl groups excluding tert-OH is 6. The minimum absolute atomic E-state index is 0.0728. The van der Waals surface area contributed by atoms with Crippen LogP contribution in [0.3, 0.4) is 0 Å². The van der Waals surface area contributed by atoms with Crippen LogP contribution in [0.25, 0.3) is 22.3 Å². The summed E-state index contributed by atoms with van der Waals surface area (Å²) < 4.78 is 28.2. The fourth-order valence-electron chi connectivity index (χ4n) is 5.22. The molecule has 42 heavy (non-hydrogen) atoms. The topological polar surface area (TPSA) is 229 Å². The van der Waals surface area contributed by atoms with Crippen LogP contribution in [0.5, 0.6) is 17.2 Å². The highest BCUT2D eigenvalue weighted by molar-refractivity contribution is 5.85. The van der Waals surface area contributed by atoms with Crippen LogP contribution in [-0.4, -0.2) is 110 Å². The van der Waals surface area contributed by atoms with Crippen LogP contribution >= 0.6 is 0 Å². The Bertz CT molecular complexity index is 1490. The van der Waals surface area contributed by atoms with E-state index in [2.05, 4.69) is 0 Å². The highest BCUT2D eigenvalue weighted by Gasteiger charge is 2.50. The van der Waals surface area contributed by atoms with E-state index < -0.39 is 79.0 Å². The zero-order chi connectivity index (χ0) is 30.5. The molecule has 2 saturated heterocycles. The zero-order valence-corrected chi connectivity index (χ0v) is 22.5. The second-order valence-corrected chi connectivity index (χ2v) is 10.3. The molecule has 8 N–H and O–H groups in total. The van der Waals surface area contributed by atoms with Gasteiger partial charge < -0.3 is 64.2 Å². The number of fused-ring (bicyclic) bond motifs is 1. The van der Waals surface area contributed by atoms with E-state index in [4.69, 9.17) is 23.4 Å². The van der Waals surface area contributed by atoms with Crippen LogP contribution in [0.2, 0.25) is 0 Å². The molecule has 2 aromatic carbocycles. The van der Waals surface area contributed by atoms with Crippen molar-refractivity contribution in [3.8, 4) is 28.6 Å². The second-order valence-electron chi connectivity index (χ2n) is 10.3. The van der Waals surface area contributed by atoms with Gasteiger partial charge in [-0.1, -0.05) is 0 Å². The highest BCUT2D eigenvalue weighted by Crippen LogP contribution is 2.40. The summed E-state index contributed by atoms with van der Waals surface area (Å²) in [6.45, 7) is 0.732. The number of aromatic hydroxyl groups is 2. The van der Waals surface area contributed by atoms with E-state index in [0.717, 1.165) is 6.07 Å². The number of methoxy groups -OCH3 is 1. The smallest absolute Gasteiger partial charge is 0.197 e. The van der Waals surface area contributed by atoms with Gasteiger partial charge in [0.15, 0.2) is 23.2 Å². The van der Waals surface area contributed by atoms with E-state index in [9.17, 15) is 45.6 Å². The third kappa shape index (κ3) is 5.32. The van der Waals surface area contributed by atoms with Crippen LogP contribution < -0.4 is 10.2 Å². The van der Waals surface area contributed by atoms with Gasteiger partial charge in [-0.25, -0.2) is 0 Å². The maximum absolute atomic E-state index is 13.0. The molecule has 10 atom stereocenters. The zero-order valence-electron chi connectivity index (χ0n) is 22.5. The Hall–Kier alpha value is -3.31. The molecule has 0 radical (unpaired) electrons. The molecular weight excluding hydrogens is 560 g/mol. The first-order valence-corrected chi connectivity index (χ1v) is 13.1. The molecule has 0 aliphatic carbocycles. The lowest BCUT2D eigenvalue weighted by Crippen LogP contribution is -2.61. The maximum atomic E-state index is 13.0. The van der Waals surface area contributed by atoms with Gasteiger partial charge in [-0.3, -0.25) is 4.79 Å². The number of benzene rings is 2. The summed E-state index contributed by atoms with van der Waals surface area (Å²) >= 11 is 0. The molecule has 5 rings (SSSR count). The Kier molecular flexibility index (Phi) is 8.44. The van der Waals surface area contributed by atoms with Gasteiger partial charge in [0.2, 0.25) is 0 Å². The predicted molar refractivity (Wildman–Crippen MR) is 142 cm³/mol. The summed E-state index contributed by atoms with van der Waals surface area (Å²) in [5.74, 6) is -0.434. The molecule has 0 spiro atoms. The largest absolute Gasteiger partial charge is 0.507 e. The Morgan fingerprint density at radius 1 is 0.857 bits per heavy atom. The lowest BCUT2D eigenvalue weighted by atomic mass is 9.90. The van der Waals surface area contributed by atoms with Gasteiger partial charge >= 0.3 is 0 Å². The van der Waals surface area contributed by atoms with Crippen molar-refractivity contribution >= 4 is 11.0 Å². The Balaban J connectivity index is 1.57. The molecule has 14 heteroatoms. The van der Waals surface area contributed by atoms with Gasteiger partial charge in [0.05, 0.1) is 19.8 Å². The van der Waals surface area contributed by atoms with E-state index in [0.29, 0.717) is 5.56 Å². The van der Waals surface area contributed by atoms with Gasteiger partial charge in [-0.05, 0) is 42.8 Å². The molecule has 0 saturated carbocycles. The molecule has 0 bridgehead atoms. The van der Waals surface area contributed by atoms with Crippen LogP contribution in [-0.2, 0) is 14.2 Å².